The van der Waals surface area contributed by atoms with Crippen molar-refractivity contribution in [2.45, 2.75) is 33.4 Å². The van der Waals surface area contributed by atoms with Crippen molar-refractivity contribution in [1.82, 2.24) is 14.8 Å². The van der Waals surface area contributed by atoms with Crippen LogP contribution in [0, 0.1) is 19.7 Å². The number of aryl methyl sites for hydroxylation is 1. The molecule has 52 heavy (non-hydrogen) atoms. The van der Waals surface area contributed by atoms with E-state index in [0.29, 0.717) is 39.6 Å². The number of ether oxygens (including phenoxy) is 3. The molecule has 6 rings (SSSR count). The second-order valence-corrected chi connectivity index (χ2v) is 13.5. The van der Waals surface area contributed by atoms with E-state index in [-0.39, 0.29) is 12.4 Å². The van der Waals surface area contributed by atoms with Gasteiger partial charge in [-0.25, -0.2) is 9.37 Å². The molecule has 0 N–H and O–H groups in total. The first-order valence-corrected chi connectivity index (χ1v) is 17.9. The number of allylic oxidation sites excluding steroid dienone is 1. The quantitative estimate of drug-likeness (QED) is 0.0831. The fourth-order valence-corrected chi connectivity index (χ4v) is 6.51. The second-order valence-electron chi connectivity index (χ2n) is 12.7. The minimum Gasteiger partial charge on any atom is -0.493 e. The van der Waals surface area contributed by atoms with Crippen LogP contribution in [-0.2, 0) is 24.4 Å². The Morgan fingerprint density at radius 3 is 2.29 bits per heavy atom. The van der Waals surface area contributed by atoms with Gasteiger partial charge in [-0.3, -0.25) is 9.69 Å². The molecule has 10 heteroatoms. The van der Waals surface area contributed by atoms with E-state index in [0.717, 1.165) is 73.6 Å². The number of rotatable bonds is 14. The number of hydrogen-bond acceptors (Lipinski definition) is 7. The molecule has 0 saturated carbocycles. The number of halogens is 3. The number of aromatic nitrogens is 1. The van der Waals surface area contributed by atoms with E-state index in [9.17, 15) is 9.18 Å². The normalized spacial score (nSPS) is 13.6. The van der Waals surface area contributed by atoms with E-state index in [1.54, 1.807) is 37.4 Å². The molecule has 0 atom stereocenters. The van der Waals surface area contributed by atoms with Gasteiger partial charge in [0, 0.05) is 62.0 Å². The van der Waals surface area contributed by atoms with Gasteiger partial charge in [0.2, 0.25) is 5.88 Å². The summed E-state index contributed by atoms with van der Waals surface area (Å²) >= 11 is 12.7. The Bertz CT molecular complexity index is 1970. The Kier molecular flexibility index (Phi) is 12.5. The summed E-state index contributed by atoms with van der Waals surface area (Å²) in [6, 6.07) is 28.3. The van der Waals surface area contributed by atoms with Crippen LogP contribution in [0.15, 0.2) is 103 Å². The highest BCUT2D eigenvalue weighted by Gasteiger charge is 2.22. The molecule has 1 aliphatic heterocycles. The first-order chi connectivity index (χ1) is 25.2. The molecule has 1 fully saturated rings. The molecule has 0 unspecified atom stereocenters. The minimum atomic E-state index is -0.263. The number of pyridine rings is 1. The van der Waals surface area contributed by atoms with Gasteiger partial charge in [-0.15, -0.1) is 0 Å². The van der Waals surface area contributed by atoms with E-state index in [2.05, 4.69) is 39.0 Å². The van der Waals surface area contributed by atoms with Gasteiger partial charge in [-0.2, -0.15) is 0 Å². The number of carbonyl (C=O) groups is 1. The van der Waals surface area contributed by atoms with Gasteiger partial charge in [0.25, 0.3) is 0 Å². The Hall–Kier alpha value is -4.89. The summed E-state index contributed by atoms with van der Waals surface area (Å²) in [6.45, 7) is 8.57. The summed E-state index contributed by atoms with van der Waals surface area (Å²) < 4.78 is 31.6. The SMILES string of the molecule is Cc1cc(/C(=C\C=O)N2CCN(Cc3ccc(CCOc4ccc(Cl)cc4)cc3)CC2)cc(Cl)c1Oc1ccc(OCc2cccc(F)c2C)cn1. The van der Waals surface area contributed by atoms with Crippen LogP contribution in [0.5, 0.6) is 23.1 Å². The van der Waals surface area contributed by atoms with Crippen molar-refractivity contribution in [2.24, 2.45) is 0 Å². The highest BCUT2D eigenvalue weighted by molar-refractivity contribution is 6.32. The predicted molar refractivity (Wildman–Crippen MR) is 204 cm³/mol. The zero-order valence-electron chi connectivity index (χ0n) is 29.2. The zero-order valence-corrected chi connectivity index (χ0v) is 30.7. The first kappa shape index (κ1) is 36.9. The minimum absolute atomic E-state index is 0.224. The smallest absolute Gasteiger partial charge is 0.219 e. The van der Waals surface area contributed by atoms with Crippen LogP contribution >= 0.6 is 23.2 Å². The van der Waals surface area contributed by atoms with Crippen LogP contribution in [0.2, 0.25) is 10.0 Å². The molecular weight excluding hydrogens is 700 g/mol. The van der Waals surface area contributed by atoms with E-state index in [1.807, 2.05) is 49.4 Å². The predicted octanol–water partition coefficient (Wildman–Crippen LogP) is 9.49. The summed E-state index contributed by atoms with van der Waals surface area (Å²) in [5.74, 6) is 1.92. The summed E-state index contributed by atoms with van der Waals surface area (Å²) in [6.07, 6.45) is 4.80. The van der Waals surface area contributed by atoms with Gasteiger partial charge in [-0.1, -0.05) is 59.6 Å². The van der Waals surface area contributed by atoms with Crippen molar-refractivity contribution in [3.63, 3.8) is 0 Å². The fraction of sp³-hybridized carbons (Fsp3) is 0.238. The second kappa shape index (κ2) is 17.6. The first-order valence-electron chi connectivity index (χ1n) is 17.2. The summed E-state index contributed by atoms with van der Waals surface area (Å²) in [7, 11) is 0. The molecule has 5 aromatic rings. The molecule has 0 amide bonds. The molecule has 1 saturated heterocycles. The molecule has 7 nitrogen and oxygen atoms in total. The van der Waals surface area contributed by atoms with Crippen LogP contribution in [0.3, 0.4) is 0 Å². The van der Waals surface area contributed by atoms with Crippen molar-refractivity contribution in [2.75, 3.05) is 32.8 Å². The third-order valence-electron chi connectivity index (χ3n) is 9.06. The monoisotopic (exact) mass is 739 g/mol. The molecule has 0 aliphatic carbocycles. The summed E-state index contributed by atoms with van der Waals surface area (Å²) in [5, 5.41) is 1.11. The van der Waals surface area contributed by atoms with E-state index in [1.165, 1.54) is 17.2 Å². The lowest BCUT2D eigenvalue weighted by Gasteiger charge is -2.37. The Morgan fingerprint density at radius 2 is 1.60 bits per heavy atom. The Balaban J connectivity index is 1.01. The van der Waals surface area contributed by atoms with Gasteiger partial charge < -0.3 is 19.1 Å². The lowest BCUT2D eigenvalue weighted by atomic mass is 10.1. The van der Waals surface area contributed by atoms with Gasteiger partial charge in [0.05, 0.1) is 17.8 Å². The van der Waals surface area contributed by atoms with Crippen LogP contribution < -0.4 is 14.2 Å². The fourth-order valence-electron chi connectivity index (χ4n) is 6.08. The van der Waals surface area contributed by atoms with Gasteiger partial charge in [0.1, 0.15) is 30.2 Å². The average Bonchev–Trinajstić information content (AvgIpc) is 3.15. The molecule has 0 bridgehead atoms. The molecule has 0 radical (unpaired) electrons. The van der Waals surface area contributed by atoms with Crippen molar-refractivity contribution < 1.29 is 23.4 Å². The Morgan fingerprint density at radius 1 is 0.865 bits per heavy atom. The maximum atomic E-state index is 13.9. The number of piperazine rings is 1. The van der Waals surface area contributed by atoms with Crippen LogP contribution in [-0.4, -0.2) is 53.9 Å². The lowest BCUT2D eigenvalue weighted by Crippen LogP contribution is -2.45. The third-order valence-corrected chi connectivity index (χ3v) is 9.59. The van der Waals surface area contributed by atoms with Crippen LogP contribution in [0.25, 0.3) is 5.70 Å². The largest absolute Gasteiger partial charge is 0.493 e. The summed E-state index contributed by atoms with van der Waals surface area (Å²) in [5.41, 5.74) is 6.28. The molecule has 1 aliphatic rings. The van der Waals surface area contributed by atoms with E-state index < -0.39 is 0 Å². The number of carbonyl (C=O) groups excluding carboxylic acids is 1. The van der Waals surface area contributed by atoms with E-state index >= 15 is 0 Å². The van der Waals surface area contributed by atoms with Gasteiger partial charge >= 0.3 is 0 Å². The van der Waals surface area contributed by atoms with Gasteiger partial charge in [0.15, 0.2) is 5.75 Å². The molecular formula is C42H40Cl2FN3O4. The van der Waals surface area contributed by atoms with Crippen LogP contribution in [0.4, 0.5) is 4.39 Å². The van der Waals surface area contributed by atoms with Crippen molar-refractivity contribution in [3.8, 4) is 23.1 Å². The van der Waals surface area contributed by atoms with Crippen LogP contribution in [0.1, 0.15) is 33.4 Å². The number of hydrogen-bond donors (Lipinski definition) is 0. The molecule has 1 aromatic heterocycles. The van der Waals surface area contributed by atoms with E-state index in [4.69, 9.17) is 37.4 Å². The molecule has 2 heterocycles. The number of nitrogens with zero attached hydrogens (tertiary/aromatic N) is 3. The topological polar surface area (TPSA) is 64.1 Å². The number of aldehydes is 1. The molecule has 0 spiro atoms. The Labute approximate surface area is 314 Å². The lowest BCUT2D eigenvalue weighted by molar-refractivity contribution is -0.104. The van der Waals surface area contributed by atoms with Gasteiger partial charge in [-0.05, 0) is 95.8 Å². The zero-order chi connectivity index (χ0) is 36.5. The maximum Gasteiger partial charge on any atom is 0.219 e. The van der Waals surface area contributed by atoms with Crippen molar-refractivity contribution in [1.29, 1.82) is 0 Å². The highest BCUT2D eigenvalue weighted by Crippen LogP contribution is 2.36. The third kappa shape index (κ3) is 9.70. The van der Waals surface area contributed by atoms with Crippen molar-refractivity contribution in [3.05, 3.63) is 153 Å². The number of benzene rings is 4. The van der Waals surface area contributed by atoms with Crippen molar-refractivity contribution >= 4 is 35.2 Å². The molecule has 268 valence electrons. The standard InChI is InChI=1S/C42H40Cl2FN3O4/c1-29-24-34(25-38(44)42(29)52-41-15-14-37(26-46-41)51-28-33-4-3-5-39(45)30(33)2)40(16-22-49)48-20-18-47(19-21-48)27-32-8-6-31(7-9-32)17-23-50-36-12-10-35(43)11-13-36/h3-16,22,24-26H,17-21,23,27-28H2,1-2H3/b40-16+. The molecule has 4 aromatic carbocycles. The summed E-state index contributed by atoms with van der Waals surface area (Å²) in [4.78, 5) is 20.8. The average molecular weight is 741 g/mol. The maximum absolute atomic E-state index is 13.9. The highest BCUT2D eigenvalue weighted by atomic mass is 35.5.